The number of nitrogens with zero attached hydrogens (tertiary/aromatic N) is 3. The van der Waals surface area contributed by atoms with Crippen LogP contribution in [0.15, 0.2) is 6.20 Å². The molecule has 1 rings (SSSR count). The van der Waals surface area contributed by atoms with E-state index in [2.05, 4.69) is 5.10 Å². The predicted molar refractivity (Wildman–Crippen MR) is 34.7 cm³/mol. The van der Waals surface area contributed by atoms with Gasteiger partial charge in [-0.2, -0.15) is 0 Å². The van der Waals surface area contributed by atoms with Gasteiger partial charge in [-0.3, -0.25) is 4.79 Å². The Bertz CT molecular complexity index is 304. The van der Waals surface area contributed by atoms with Crippen LogP contribution in [0.2, 0.25) is 0 Å². The number of hydrogen-bond acceptors (Lipinski definition) is 4. The van der Waals surface area contributed by atoms with Gasteiger partial charge in [-0.1, -0.05) is 5.10 Å². The maximum absolute atomic E-state index is 10.2. The second kappa shape index (κ2) is 2.49. The van der Waals surface area contributed by atoms with E-state index in [-0.39, 0.29) is 11.4 Å². The Morgan fingerprint density at radius 3 is 2.82 bits per heavy atom. The molecule has 1 radical (unpaired) electrons. The first-order valence-electron chi connectivity index (χ1n) is 2.71. The standard InChI is InChI=1S/C5H4N3O3/c1-7-5(8(10)11)4(3-9)2-6-7/h2H,1H3. The van der Waals surface area contributed by atoms with Gasteiger partial charge in [0.05, 0.1) is 6.20 Å². The summed E-state index contributed by atoms with van der Waals surface area (Å²) in [6.45, 7) is 0. The van der Waals surface area contributed by atoms with Crippen molar-refractivity contribution in [2.75, 3.05) is 0 Å². The third-order valence-electron chi connectivity index (χ3n) is 1.19. The van der Waals surface area contributed by atoms with Gasteiger partial charge in [-0.15, -0.1) is 4.68 Å². The van der Waals surface area contributed by atoms with Crippen molar-refractivity contribution in [1.82, 2.24) is 9.78 Å². The van der Waals surface area contributed by atoms with Crippen LogP contribution in [0.5, 0.6) is 0 Å². The van der Waals surface area contributed by atoms with Crippen molar-refractivity contribution in [3.8, 4) is 0 Å². The Morgan fingerprint density at radius 2 is 2.45 bits per heavy atom. The molecule has 57 valence electrons. The Balaban J connectivity index is 3.28. The molecule has 0 saturated heterocycles. The summed E-state index contributed by atoms with van der Waals surface area (Å²) in [6.07, 6.45) is 2.53. The van der Waals surface area contributed by atoms with Gasteiger partial charge in [0.25, 0.3) is 0 Å². The number of aryl methyl sites for hydroxylation is 1. The highest BCUT2D eigenvalue weighted by Gasteiger charge is 2.18. The average Bonchev–Trinajstić information content (AvgIpc) is 2.30. The molecule has 0 fully saturated rings. The van der Waals surface area contributed by atoms with Crippen LogP contribution in [0.4, 0.5) is 5.82 Å². The van der Waals surface area contributed by atoms with E-state index in [1.165, 1.54) is 13.3 Å². The molecule has 0 bridgehead atoms. The molecule has 11 heavy (non-hydrogen) atoms. The maximum atomic E-state index is 10.2. The van der Waals surface area contributed by atoms with Crippen LogP contribution in [-0.4, -0.2) is 21.0 Å². The molecule has 1 heterocycles. The van der Waals surface area contributed by atoms with Gasteiger partial charge in [0.2, 0.25) is 6.29 Å². The van der Waals surface area contributed by atoms with Crippen molar-refractivity contribution in [3.05, 3.63) is 21.9 Å². The first-order chi connectivity index (χ1) is 5.16. The van der Waals surface area contributed by atoms with E-state index < -0.39 is 4.92 Å². The molecule has 0 atom stereocenters. The van der Waals surface area contributed by atoms with Crippen LogP contribution in [0.25, 0.3) is 0 Å². The molecule has 0 amide bonds. The van der Waals surface area contributed by atoms with Crippen molar-refractivity contribution in [2.45, 2.75) is 0 Å². The van der Waals surface area contributed by atoms with Crippen LogP contribution in [0.3, 0.4) is 0 Å². The fourth-order valence-corrected chi connectivity index (χ4v) is 0.720. The summed E-state index contributed by atoms with van der Waals surface area (Å²) < 4.78 is 1.01. The summed E-state index contributed by atoms with van der Waals surface area (Å²) in [5, 5.41) is 13.7. The fourth-order valence-electron chi connectivity index (χ4n) is 0.720. The molecule has 0 saturated carbocycles. The van der Waals surface area contributed by atoms with E-state index in [0.29, 0.717) is 0 Å². The molecule has 6 heteroatoms. The highest BCUT2D eigenvalue weighted by atomic mass is 16.6. The largest absolute Gasteiger partial charge is 0.358 e. The lowest BCUT2D eigenvalue weighted by Crippen LogP contribution is -2.00. The normalized spacial score (nSPS) is 9.55. The minimum absolute atomic E-state index is 0.127. The summed E-state index contributed by atoms with van der Waals surface area (Å²) in [6, 6.07) is 0. The zero-order valence-corrected chi connectivity index (χ0v) is 5.64. The topological polar surface area (TPSA) is 78.0 Å². The van der Waals surface area contributed by atoms with E-state index in [1.54, 1.807) is 0 Å². The van der Waals surface area contributed by atoms with Crippen molar-refractivity contribution in [1.29, 1.82) is 0 Å². The summed E-state index contributed by atoms with van der Waals surface area (Å²) in [7, 11) is 1.39. The SMILES string of the molecule is Cn1ncc([C]=O)c1[N+](=O)[O-]. The molecule has 0 N–H and O–H groups in total. The lowest BCUT2D eigenvalue weighted by atomic mass is 10.4. The van der Waals surface area contributed by atoms with Crippen molar-refractivity contribution < 1.29 is 9.72 Å². The summed E-state index contributed by atoms with van der Waals surface area (Å²) in [5.74, 6) is -0.333. The third kappa shape index (κ3) is 1.09. The van der Waals surface area contributed by atoms with Gasteiger partial charge in [0.1, 0.15) is 12.6 Å². The van der Waals surface area contributed by atoms with Crippen molar-refractivity contribution in [2.24, 2.45) is 7.05 Å². The lowest BCUT2D eigenvalue weighted by molar-refractivity contribution is -0.392. The molecule has 0 aliphatic heterocycles. The summed E-state index contributed by atoms with van der Waals surface area (Å²) >= 11 is 0. The predicted octanol–water partition coefficient (Wildman–Crippen LogP) is -0.214. The quantitative estimate of drug-likeness (QED) is 0.436. The second-order valence-corrected chi connectivity index (χ2v) is 1.86. The van der Waals surface area contributed by atoms with Crippen LogP contribution in [0, 0.1) is 10.1 Å². The second-order valence-electron chi connectivity index (χ2n) is 1.86. The molecule has 0 aliphatic rings. The Hall–Kier alpha value is -1.72. The van der Waals surface area contributed by atoms with Crippen LogP contribution >= 0.6 is 0 Å². The fraction of sp³-hybridized carbons (Fsp3) is 0.200. The highest BCUT2D eigenvalue weighted by molar-refractivity contribution is 5.79. The van der Waals surface area contributed by atoms with Crippen molar-refractivity contribution >= 4 is 12.1 Å². The molecule has 1 aromatic rings. The van der Waals surface area contributed by atoms with E-state index in [0.717, 1.165) is 10.9 Å². The van der Waals surface area contributed by atoms with Gasteiger partial charge in [0.15, 0.2) is 0 Å². The Kier molecular flexibility index (Phi) is 1.67. The Labute approximate surface area is 61.6 Å². The number of rotatable bonds is 2. The van der Waals surface area contributed by atoms with Gasteiger partial charge in [-0.05, 0) is 4.92 Å². The molecular weight excluding hydrogens is 150 g/mol. The smallest absolute Gasteiger partial charge is 0.356 e. The van der Waals surface area contributed by atoms with E-state index in [9.17, 15) is 14.9 Å². The van der Waals surface area contributed by atoms with Crippen LogP contribution in [-0.2, 0) is 11.8 Å². The summed E-state index contributed by atoms with van der Waals surface area (Å²) in [4.78, 5) is 19.6. The van der Waals surface area contributed by atoms with E-state index in [4.69, 9.17) is 0 Å². The minimum atomic E-state index is -0.673. The van der Waals surface area contributed by atoms with Gasteiger partial charge >= 0.3 is 5.82 Å². The third-order valence-corrected chi connectivity index (χ3v) is 1.19. The van der Waals surface area contributed by atoms with Crippen LogP contribution < -0.4 is 0 Å². The first kappa shape index (κ1) is 7.39. The molecule has 0 aromatic carbocycles. The van der Waals surface area contributed by atoms with E-state index >= 15 is 0 Å². The summed E-state index contributed by atoms with van der Waals surface area (Å²) in [5.41, 5.74) is -0.127. The molecule has 0 unspecified atom stereocenters. The molecule has 1 aromatic heterocycles. The molecular formula is C5H4N3O3. The highest BCUT2D eigenvalue weighted by Crippen LogP contribution is 2.13. The Morgan fingerprint density at radius 1 is 1.82 bits per heavy atom. The molecule has 0 aliphatic carbocycles. The zero-order chi connectivity index (χ0) is 8.43. The monoisotopic (exact) mass is 154 g/mol. The molecule has 6 nitrogen and oxygen atoms in total. The van der Waals surface area contributed by atoms with Gasteiger partial charge < -0.3 is 10.1 Å². The zero-order valence-electron chi connectivity index (χ0n) is 5.64. The molecule has 0 spiro atoms. The van der Waals surface area contributed by atoms with Gasteiger partial charge in [-0.25, -0.2) is 0 Å². The van der Waals surface area contributed by atoms with Gasteiger partial charge in [0, 0.05) is 0 Å². The van der Waals surface area contributed by atoms with E-state index in [1.807, 2.05) is 0 Å². The first-order valence-corrected chi connectivity index (χ1v) is 2.71. The number of hydrogen-bond donors (Lipinski definition) is 0. The maximum Gasteiger partial charge on any atom is 0.356 e. The van der Waals surface area contributed by atoms with Crippen molar-refractivity contribution in [3.63, 3.8) is 0 Å². The number of aromatic nitrogens is 2. The number of nitro groups is 1. The number of carbonyl (C=O) groups excluding carboxylic acids is 1. The van der Waals surface area contributed by atoms with Crippen LogP contribution in [0.1, 0.15) is 5.56 Å². The lowest BCUT2D eigenvalue weighted by Gasteiger charge is -1.91. The minimum Gasteiger partial charge on any atom is -0.358 e. The average molecular weight is 154 g/mol.